The normalized spacial score (nSPS) is 18.5. The smallest absolute Gasteiger partial charge is 0.251 e. The van der Waals surface area contributed by atoms with Crippen LogP contribution in [0.2, 0.25) is 0 Å². The summed E-state index contributed by atoms with van der Waals surface area (Å²) in [7, 11) is -3.53. The predicted octanol–water partition coefficient (Wildman–Crippen LogP) is 4.42. The van der Waals surface area contributed by atoms with E-state index in [4.69, 9.17) is 0 Å². The zero-order valence-electron chi connectivity index (χ0n) is 21.3. The molecule has 0 saturated carbocycles. The van der Waals surface area contributed by atoms with Crippen molar-refractivity contribution in [2.24, 2.45) is 5.92 Å². The average molecular weight is 568 g/mol. The summed E-state index contributed by atoms with van der Waals surface area (Å²) in [6.07, 6.45) is 0.505. The molecule has 0 aliphatic carbocycles. The standard InChI is InChI=1S/C25H29F4N7O2S/c1-39(37,38)32-18-5-6-21(22(15-18)34-11-7-17(8-12-34)24(26)27)36-16-20(31-33-36)19-3-2-4-23(30-19)35-13-9-25(28,29)10-14-35/h2-6,15-17,24,32H,7-14H2,1H3. The van der Waals surface area contributed by atoms with Crippen LogP contribution in [0.4, 0.5) is 34.8 Å². The molecule has 0 amide bonds. The number of sulfonamides is 1. The Morgan fingerprint density at radius 2 is 1.69 bits per heavy atom. The van der Waals surface area contributed by atoms with Crippen LogP contribution in [0, 0.1) is 5.92 Å². The molecule has 14 heteroatoms. The van der Waals surface area contributed by atoms with Gasteiger partial charge in [0.25, 0.3) is 5.92 Å². The molecule has 1 N–H and O–H groups in total. The molecule has 1 aromatic carbocycles. The SMILES string of the molecule is CS(=O)(=O)Nc1ccc(-n2cc(-c3cccc(N4CCC(F)(F)CC4)n3)nn2)c(N2CCC(C(F)F)CC2)c1. The van der Waals surface area contributed by atoms with Gasteiger partial charge in [0.2, 0.25) is 16.4 Å². The van der Waals surface area contributed by atoms with Gasteiger partial charge in [-0.15, -0.1) is 5.10 Å². The highest BCUT2D eigenvalue weighted by Crippen LogP contribution is 2.34. The summed E-state index contributed by atoms with van der Waals surface area (Å²) in [5.41, 5.74) is 2.54. The van der Waals surface area contributed by atoms with E-state index >= 15 is 0 Å². The van der Waals surface area contributed by atoms with Gasteiger partial charge >= 0.3 is 0 Å². The van der Waals surface area contributed by atoms with Gasteiger partial charge in [0, 0.05) is 44.9 Å². The first kappa shape index (κ1) is 27.2. The highest BCUT2D eigenvalue weighted by Gasteiger charge is 2.34. The third-order valence-corrected chi connectivity index (χ3v) is 7.68. The third-order valence-electron chi connectivity index (χ3n) is 7.07. The number of hydrogen-bond donors (Lipinski definition) is 1. The molecular formula is C25H29F4N7O2S. The number of halogens is 4. The molecule has 4 heterocycles. The molecule has 0 spiro atoms. The van der Waals surface area contributed by atoms with Crippen LogP contribution < -0.4 is 14.5 Å². The molecule has 2 aliphatic heterocycles. The Bertz CT molecular complexity index is 1420. The predicted molar refractivity (Wildman–Crippen MR) is 140 cm³/mol. The first-order chi connectivity index (χ1) is 18.5. The second kappa shape index (κ2) is 10.6. The lowest BCUT2D eigenvalue weighted by Crippen LogP contribution is -2.39. The topological polar surface area (TPSA) is 96.2 Å². The van der Waals surface area contributed by atoms with Crippen LogP contribution in [-0.4, -0.2) is 73.2 Å². The summed E-state index contributed by atoms with van der Waals surface area (Å²) >= 11 is 0. The number of nitrogens with zero attached hydrogens (tertiary/aromatic N) is 6. The van der Waals surface area contributed by atoms with Gasteiger partial charge < -0.3 is 9.80 Å². The summed E-state index contributed by atoms with van der Waals surface area (Å²) in [5, 5.41) is 8.51. The lowest BCUT2D eigenvalue weighted by molar-refractivity contribution is -0.0221. The fourth-order valence-electron chi connectivity index (χ4n) is 4.94. The number of aromatic nitrogens is 4. The lowest BCUT2D eigenvalue weighted by atomic mass is 9.97. The largest absolute Gasteiger partial charge is 0.370 e. The monoisotopic (exact) mass is 567 g/mol. The van der Waals surface area contributed by atoms with Crippen molar-refractivity contribution in [2.45, 2.75) is 38.0 Å². The Kier molecular flexibility index (Phi) is 7.40. The summed E-state index contributed by atoms with van der Waals surface area (Å²) in [6.45, 7) is 1.17. The van der Waals surface area contributed by atoms with Crippen molar-refractivity contribution in [1.82, 2.24) is 20.0 Å². The van der Waals surface area contributed by atoms with Gasteiger partial charge in [0.05, 0.1) is 35.2 Å². The van der Waals surface area contributed by atoms with E-state index in [9.17, 15) is 26.0 Å². The lowest BCUT2D eigenvalue weighted by Gasteiger charge is -2.34. The first-order valence-corrected chi connectivity index (χ1v) is 14.5. The van der Waals surface area contributed by atoms with Crippen molar-refractivity contribution in [2.75, 3.05) is 47.0 Å². The third kappa shape index (κ3) is 6.43. The number of hydrogen-bond acceptors (Lipinski definition) is 7. The van der Waals surface area contributed by atoms with Crippen molar-refractivity contribution in [3.8, 4) is 17.1 Å². The van der Waals surface area contributed by atoms with Crippen molar-refractivity contribution in [1.29, 1.82) is 0 Å². The minimum absolute atomic E-state index is 0.204. The Hall–Kier alpha value is -3.42. The maximum absolute atomic E-state index is 13.6. The second-order valence-corrected chi connectivity index (χ2v) is 11.8. The van der Waals surface area contributed by atoms with Gasteiger partial charge in [0.1, 0.15) is 11.5 Å². The van der Waals surface area contributed by atoms with Gasteiger partial charge in [-0.25, -0.2) is 35.6 Å². The van der Waals surface area contributed by atoms with E-state index in [2.05, 4.69) is 20.0 Å². The molecule has 2 fully saturated rings. The maximum Gasteiger partial charge on any atom is 0.251 e. The van der Waals surface area contributed by atoms with Gasteiger partial charge in [-0.05, 0) is 43.2 Å². The van der Waals surface area contributed by atoms with Crippen molar-refractivity contribution < 1.29 is 26.0 Å². The molecule has 0 atom stereocenters. The average Bonchev–Trinajstić information content (AvgIpc) is 3.38. The summed E-state index contributed by atoms with van der Waals surface area (Å²) in [4.78, 5) is 8.38. The van der Waals surface area contributed by atoms with E-state index in [-0.39, 0.29) is 25.9 Å². The quantitative estimate of drug-likeness (QED) is 0.423. The highest BCUT2D eigenvalue weighted by atomic mass is 32.2. The number of pyridine rings is 1. The van der Waals surface area contributed by atoms with Crippen molar-refractivity contribution in [3.05, 3.63) is 42.6 Å². The van der Waals surface area contributed by atoms with Gasteiger partial charge in [-0.1, -0.05) is 11.3 Å². The molecule has 0 radical (unpaired) electrons. The minimum Gasteiger partial charge on any atom is -0.370 e. The molecular weight excluding hydrogens is 538 g/mol. The molecule has 9 nitrogen and oxygen atoms in total. The summed E-state index contributed by atoms with van der Waals surface area (Å²) < 4.78 is 81.3. The van der Waals surface area contributed by atoms with Crippen LogP contribution in [0.15, 0.2) is 42.6 Å². The fourth-order valence-corrected chi connectivity index (χ4v) is 5.50. The summed E-state index contributed by atoms with van der Waals surface area (Å²) in [6, 6.07) is 10.3. The fraction of sp³-hybridized carbons (Fsp3) is 0.480. The van der Waals surface area contributed by atoms with E-state index < -0.39 is 28.3 Å². The molecule has 39 heavy (non-hydrogen) atoms. The van der Waals surface area contributed by atoms with E-state index in [1.807, 2.05) is 9.80 Å². The van der Waals surface area contributed by atoms with E-state index in [0.29, 0.717) is 60.2 Å². The number of benzene rings is 1. The molecule has 5 rings (SSSR count). The molecule has 2 saturated heterocycles. The van der Waals surface area contributed by atoms with Gasteiger partial charge in [-0.3, -0.25) is 4.72 Å². The van der Waals surface area contributed by atoms with Gasteiger partial charge in [0.15, 0.2) is 0 Å². The van der Waals surface area contributed by atoms with Crippen molar-refractivity contribution in [3.63, 3.8) is 0 Å². The molecule has 0 unspecified atom stereocenters. The zero-order valence-corrected chi connectivity index (χ0v) is 22.1. The number of alkyl halides is 4. The van der Waals surface area contributed by atoms with Gasteiger partial charge in [-0.2, -0.15) is 0 Å². The number of nitrogens with one attached hydrogen (secondary N) is 1. The number of rotatable bonds is 7. The molecule has 2 aromatic heterocycles. The minimum atomic E-state index is -3.53. The van der Waals surface area contributed by atoms with E-state index in [1.165, 1.54) is 4.68 Å². The van der Waals surface area contributed by atoms with Crippen LogP contribution in [0.3, 0.4) is 0 Å². The molecule has 210 valence electrons. The molecule has 0 bridgehead atoms. The van der Waals surface area contributed by atoms with E-state index in [0.717, 1.165) is 6.26 Å². The molecule has 3 aromatic rings. The second-order valence-electron chi connectivity index (χ2n) is 10.0. The maximum atomic E-state index is 13.6. The number of anilines is 3. The van der Waals surface area contributed by atoms with E-state index in [1.54, 1.807) is 42.6 Å². The van der Waals surface area contributed by atoms with Crippen LogP contribution in [0.25, 0.3) is 17.1 Å². The highest BCUT2D eigenvalue weighted by molar-refractivity contribution is 7.92. The Morgan fingerprint density at radius 3 is 2.36 bits per heavy atom. The van der Waals surface area contributed by atoms with Crippen LogP contribution >= 0.6 is 0 Å². The Balaban J connectivity index is 1.43. The van der Waals surface area contributed by atoms with Crippen LogP contribution in [0.5, 0.6) is 0 Å². The Morgan fingerprint density at radius 1 is 0.974 bits per heavy atom. The van der Waals surface area contributed by atoms with Crippen LogP contribution in [-0.2, 0) is 10.0 Å². The Labute approximate surface area is 223 Å². The van der Waals surface area contributed by atoms with Crippen LogP contribution in [0.1, 0.15) is 25.7 Å². The first-order valence-electron chi connectivity index (χ1n) is 12.7. The van der Waals surface area contributed by atoms with Crippen molar-refractivity contribution >= 4 is 27.2 Å². The zero-order chi connectivity index (χ0) is 27.8. The molecule has 2 aliphatic rings. The summed E-state index contributed by atoms with van der Waals surface area (Å²) in [5.74, 6) is -2.75. The number of piperidine rings is 2.